The molecule has 6 heteroatoms. The third-order valence-electron chi connectivity index (χ3n) is 10.6. The molecule has 0 bridgehead atoms. The van der Waals surface area contributed by atoms with Gasteiger partial charge in [0.1, 0.15) is 5.76 Å². The Morgan fingerprint density at radius 2 is 1.46 bits per heavy atom. The first-order valence-electron chi connectivity index (χ1n) is 17.4. The molecule has 0 atom stereocenters. The van der Waals surface area contributed by atoms with Gasteiger partial charge in [0.05, 0.1) is 0 Å². The molecule has 0 unspecified atom stereocenters. The molecule has 1 N–H and O–H groups in total. The van der Waals surface area contributed by atoms with E-state index in [0.717, 1.165) is 47.8 Å². The maximum atomic E-state index is 12.2. The standard InChI is InChI=1S/C27H31GeN2.C15H28O2.Ir/c1-17-14-19-12-13-22-25(20-10-9-11-21(15-20)27(3,4)5)29-16-30-26(22)23(19)18(2)24(17)28(6,7)8;1-7-14(5,8-2)12(16)11-13(17)15(6,9-3)10-4;/h9,11-16H,1-8H3;11,16H,7-10H2,1-6H3;/q-1;;/b;12-11-;. The predicted molar refractivity (Wildman–Crippen MR) is 206 cm³/mol. The van der Waals surface area contributed by atoms with Crippen LogP contribution in [0.5, 0.6) is 0 Å². The van der Waals surface area contributed by atoms with Crippen LogP contribution >= 0.6 is 0 Å². The van der Waals surface area contributed by atoms with Gasteiger partial charge in [-0.1, -0.05) is 41.5 Å². The molecule has 3 aromatic carbocycles. The van der Waals surface area contributed by atoms with Gasteiger partial charge < -0.3 is 5.11 Å². The van der Waals surface area contributed by atoms with Crippen molar-refractivity contribution in [3.8, 4) is 11.3 Å². The van der Waals surface area contributed by atoms with Gasteiger partial charge in [-0.05, 0) is 25.7 Å². The number of carbonyl (C=O) groups is 1. The Labute approximate surface area is 307 Å². The van der Waals surface area contributed by atoms with E-state index < -0.39 is 13.3 Å². The van der Waals surface area contributed by atoms with Crippen LogP contribution in [0.15, 0.2) is 54.6 Å². The number of carbonyl (C=O) groups excluding carboxylic acids is 1. The fraction of sp³-hybridized carbons (Fsp3) is 0.500. The summed E-state index contributed by atoms with van der Waals surface area (Å²) in [5.41, 5.74) is 6.65. The molecule has 0 saturated heterocycles. The molecule has 0 spiro atoms. The normalized spacial score (nSPS) is 12.8. The smallest absolute Gasteiger partial charge is 0 e. The van der Waals surface area contributed by atoms with E-state index in [1.807, 2.05) is 47.6 Å². The van der Waals surface area contributed by atoms with Crippen molar-refractivity contribution in [2.45, 2.75) is 125 Å². The molecular formula is C42H59GeIrN2O2-. The van der Waals surface area contributed by atoms with E-state index in [1.165, 1.54) is 33.5 Å². The zero-order valence-corrected chi connectivity index (χ0v) is 36.5. The Morgan fingerprint density at radius 3 is 1.98 bits per heavy atom. The summed E-state index contributed by atoms with van der Waals surface area (Å²) < 4.78 is 1.59. The number of ketones is 1. The van der Waals surface area contributed by atoms with Gasteiger partial charge in [0, 0.05) is 37.0 Å². The second-order valence-corrected chi connectivity index (χ2v) is 26.4. The number of fused-ring (bicyclic) bond motifs is 3. The monoisotopic (exact) mass is 890 g/mol. The quantitative estimate of drug-likeness (QED) is 0.0598. The number of hydrogen-bond donors (Lipinski definition) is 1. The number of aromatic nitrogens is 2. The molecule has 0 aliphatic heterocycles. The van der Waals surface area contributed by atoms with Crippen LogP contribution in [0.2, 0.25) is 17.3 Å². The van der Waals surface area contributed by atoms with Crippen LogP contribution in [0, 0.1) is 30.7 Å². The van der Waals surface area contributed by atoms with Gasteiger partial charge in [0.2, 0.25) is 0 Å². The van der Waals surface area contributed by atoms with Crippen molar-refractivity contribution in [2.75, 3.05) is 0 Å². The third kappa shape index (κ3) is 8.87. The zero-order valence-electron chi connectivity index (χ0n) is 32.0. The van der Waals surface area contributed by atoms with Crippen molar-refractivity contribution in [1.29, 1.82) is 0 Å². The molecule has 4 nitrogen and oxygen atoms in total. The van der Waals surface area contributed by atoms with Crippen molar-refractivity contribution < 1.29 is 30.0 Å². The Morgan fingerprint density at radius 1 is 0.875 bits per heavy atom. The minimum absolute atomic E-state index is 0. The van der Waals surface area contributed by atoms with Crippen LogP contribution in [-0.4, -0.2) is 34.1 Å². The summed E-state index contributed by atoms with van der Waals surface area (Å²) >= 11 is -2.03. The van der Waals surface area contributed by atoms with Gasteiger partial charge in [-0.3, -0.25) is 4.79 Å². The number of aliphatic hydroxyl groups is 1. The van der Waals surface area contributed by atoms with Gasteiger partial charge in [-0.25, -0.2) is 0 Å². The minimum atomic E-state index is -2.03. The maximum Gasteiger partial charge on any atom is 0 e. The number of benzene rings is 3. The minimum Gasteiger partial charge on any atom is 0 e. The molecule has 1 heterocycles. The van der Waals surface area contributed by atoms with E-state index in [9.17, 15) is 9.90 Å². The van der Waals surface area contributed by atoms with E-state index in [0.29, 0.717) is 0 Å². The molecule has 4 aromatic rings. The SMILES string of the molecule is CCC(C)(CC)C(=O)/C=C(\O)C(C)(CC)CC.Cc1cc2ccc3c(-c4[c-]ccc(C(C)(C)C)c4)ncnc3c2c(C)[c]1[Ge]([CH3])([CH3])[CH3].[Ir]. The summed E-state index contributed by atoms with van der Waals surface area (Å²) in [7, 11) is 0. The van der Waals surface area contributed by atoms with Crippen molar-refractivity contribution >= 4 is 45.1 Å². The van der Waals surface area contributed by atoms with E-state index in [1.54, 1.807) is 10.7 Å². The summed E-state index contributed by atoms with van der Waals surface area (Å²) in [6, 6.07) is 16.6. The first-order chi connectivity index (χ1) is 21.8. The van der Waals surface area contributed by atoms with Gasteiger partial charge >= 0.3 is 183 Å². The molecule has 48 heavy (non-hydrogen) atoms. The molecular weight excluding hydrogens is 829 g/mol. The number of aliphatic hydroxyl groups excluding tert-OH is 1. The second-order valence-electron chi connectivity index (χ2n) is 15.9. The number of allylic oxidation sites excluding steroid dienone is 2. The molecule has 0 fully saturated rings. The summed E-state index contributed by atoms with van der Waals surface area (Å²) in [5.74, 6) is 7.70. The van der Waals surface area contributed by atoms with Crippen LogP contribution in [0.4, 0.5) is 0 Å². The largest absolute Gasteiger partial charge is 0 e. The number of nitrogens with zero attached hydrogens (tertiary/aromatic N) is 2. The van der Waals surface area contributed by atoms with Crippen LogP contribution in [0.1, 0.15) is 105 Å². The summed E-state index contributed by atoms with van der Waals surface area (Å²) in [6.45, 7) is 23.4. The average molecular weight is 889 g/mol. The molecule has 0 aliphatic carbocycles. The van der Waals surface area contributed by atoms with Crippen molar-refractivity contribution in [2.24, 2.45) is 10.8 Å². The number of hydrogen-bond acceptors (Lipinski definition) is 4. The molecule has 263 valence electrons. The molecule has 0 amide bonds. The first-order valence-corrected chi connectivity index (χ1v) is 24.8. The fourth-order valence-corrected chi connectivity index (χ4v) is 11.8. The average Bonchev–Trinajstić information content (AvgIpc) is 3.02. The Bertz CT molecular complexity index is 1770. The Hall–Kier alpha value is -2.34. The second kappa shape index (κ2) is 16.1. The van der Waals surface area contributed by atoms with E-state index in [2.05, 4.69) is 88.3 Å². The summed E-state index contributed by atoms with van der Waals surface area (Å²) in [4.78, 5) is 21.7. The zero-order chi connectivity index (χ0) is 35.5. The number of aryl methyl sites for hydroxylation is 2. The van der Waals surface area contributed by atoms with Crippen LogP contribution in [-0.2, 0) is 30.3 Å². The maximum absolute atomic E-state index is 12.2. The fourth-order valence-electron chi connectivity index (χ4n) is 6.51. The van der Waals surface area contributed by atoms with Crippen LogP contribution in [0.25, 0.3) is 32.9 Å². The predicted octanol–water partition coefficient (Wildman–Crippen LogP) is 11.4. The summed E-state index contributed by atoms with van der Waals surface area (Å²) in [5, 5.41) is 13.8. The Kier molecular flexibility index (Phi) is 14.1. The van der Waals surface area contributed by atoms with E-state index in [4.69, 9.17) is 9.97 Å². The van der Waals surface area contributed by atoms with Gasteiger partial charge in [-0.15, -0.1) is 0 Å². The van der Waals surface area contributed by atoms with Crippen LogP contribution in [0.3, 0.4) is 0 Å². The molecule has 0 saturated carbocycles. The van der Waals surface area contributed by atoms with Crippen molar-refractivity contribution in [3.05, 3.63) is 77.3 Å². The van der Waals surface area contributed by atoms with Crippen molar-refractivity contribution in [1.82, 2.24) is 9.97 Å². The van der Waals surface area contributed by atoms with Gasteiger partial charge in [0.25, 0.3) is 0 Å². The molecule has 0 aliphatic rings. The summed E-state index contributed by atoms with van der Waals surface area (Å²) in [6.07, 6.45) is 6.47. The first kappa shape index (κ1) is 41.8. The van der Waals surface area contributed by atoms with Crippen molar-refractivity contribution in [3.63, 3.8) is 0 Å². The van der Waals surface area contributed by atoms with E-state index in [-0.39, 0.29) is 47.9 Å². The number of rotatable bonds is 9. The van der Waals surface area contributed by atoms with Gasteiger partial charge in [-0.2, -0.15) is 0 Å². The van der Waals surface area contributed by atoms with E-state index >= 15 is 0 Å². The topological polar surface area (TPSA) is 63.1 Å². The third-order valence-corrected chi connectivity index (χ3v) is 15.4. The van der Waals surface area contributed by atoms with Gasteiger partial charge in [0.15, 0.2) is 5.78 Å². The van der Waals surface area contributed by atoms with Crippen LogP contribution < -0.4 is 4.40 Å². The molecule has 4 rings (SSSR count). The molecule has 1 aromatic heterocycles. The Balaban J connectivity index is 0.000000384. The molecule has 1 radical (unpaired) electrons.